The quantitative estimate of drug-likeness (QED) is 0.129. The molecule has 35 heavy (non-hydrogen) atoms. The third-order valence-electron chi connectivity index (χ3n) is 6.03. The van der Waals surface area contributed by atoms with Crippen molar-refractivity contribution >= 4 is 62.4 Å². The number of hydrogen-bond donors (Lipinski definition) is 0. The topological polar surface area (TPSA) is 64.2 Å². The van der Waals surface area contributed by atoms with Crippen LogP contribution in [0.2, 0.25) is 0 Å². The maximum absolute atomic E-state index is 15.4. The molecule has 1 atom stereocenters. The molecule has 1 aliphatic rings. The summed E-state index contributed by atoms with van der Waals surface area (Å²) in [5, 5.41) is 4.59. The van der Waals surface area contributed by atoms with Crippen molar-refractivity contribution in [1.29, 1.82) is 0 Å². The average Bonchev–Trinajstić information content (AvgIpc) is 3.57. The number of carbonyl (C=O) groups excluding carboxylic acids is 1. The standard InChI is InChI=1S/C25H21FI2N4O2S/c1-3-23(33)31-10-20(19-8-15(2)35-22(19)12-31)17-6-4-5-7-18(17)21-11-32(9-16-13-34-14-29-16)30-24(21)25(26,27)28/h3-8,11,13-14,20H,1,9-10,12H2,2H3/t20-/m0/s1. The Hall–Kier alpha value is -2.06. The number of aryl methyl sites for hydroxylation is 1. The molecule has 0 saturated heterocycles. The molecule has 3 aromatic heterocycles. The Kier molecular flexibility index (Phi) is 6.87. The third kappa shape index (κ3) is 4.96. The molecule has 0 aliphatic carbocycles. The van der Waals surface area contributed by atoms with Gasteiger partial charge < -0.3 is 9.32 Å². The van der Waals surface area contributed by atoms with Crippen molar-refractivity contribution < 1.29 is 13.6 Å². The van der Waals surface area contributed by atoms with Gasteiger partial charge in [0.25, 0.3) is 1.68 Å². The SMILES string of the molecule is C=CC(=O)N1Cc2sc(C)cc2[C@H](c2ccccc2-c2cn(Cc3cocn3)nc2C(F)(I)I)C1. The number of oxazole rings is 1. The smallest absolute Gasteiger partial charge is 0.254 e. The monoisotopic (exact) mass is 714 g/mol. The fourth-order valence-electron chi connectivity index (χ4n) is 4.56. The normalized spacial score (nSPS) is 15.8. The minimum Gasteiger partial charge on any atom is -0.451 e. The highest BCUT2D eigenvalue weighted by Gasteiger charge is 2.35. The number of amides is 1. The van der Waals surface area contributed by atoms with Crippen LogP contribution in [0.3, 0.4) is 0 Å². The van der Waals surface area contributed by atoms with Crippen LogP contribution in [0, 0.1) is 6.92 Å². The van der Waals surface area contributed by atoms with E-state index >= 15 is 4.39 Å². The van der Waals surface area contributed by atoms with Crippen molar-refractivity contribution in [3.8, 4) is 11.1 Å². The molecule has 5 rings (SSSR count). The highest BCUT2D eigenvalue weighted by atomic mass is 127. The molecule has 0 fully saturated rings. The molecule has 1 aromatic carbocycles. The Morgan fingerprint density at radius 2 is 2.14 bits per heavy atom. The van der Waals surface area contributed by atoms with Crippen molar-refractivity contribution in [2.75, 3.05) is 6.54 Å². The first-order valence-corrected chi connectivity index (χ1v) is 13.8. The van der Waals surface area contributed by atoms with Gasteiger partial charge in [0, 0.05) is 34.0 Å². The Morgan fingerprint density at radius 1 is 1.34 bits per heavy atom. The Balaban J connectivity index is 1.64. The lowest BCUT2D eigenvalue weighted by molar-refractivity contribution is -0.127. The summed E-state index contributed by atoms with van der Waals surface area (Å²) < 4.78 is 20.5. The number of thiophene rings is 1. The maximum Gasteiger partial charge on any atom is 0.254 e. The molecule has 0 radical (unpaired) electrons. The van der Waals surface area contributed by atoms with Gasteiger partial charge in [0.05, 0.1) is 13.1 Å². The van der Waals surface area contributed by atoms with Gasteiger partial charge >= 0.3 is 0 Å². The molecule has 180 valence electrons. The van der Waals surface area contributed by atoms with Crippen LogP contribution in [0.25, 0.3) is 11.1 Å². The van der Waals surface area contributed by atoms with Crippen LogP contribution in [0.4, 0.5) is 4.39 Å². The summed E-state index contributed by atoms with van der Waals surface area (Å²) in [6, 6.07) is 10.2. The number of hydrogen-bond acceptors (Lipinski definition) is 5. The first-order chi connectivity index (χ1) is 16.7. The summed E-state index contributed by atoms with van der Waals surface area (Å²) in [7, 11) is 0. The second kappa shape index (κ2) is 9.77. The molecule has 0 spiro atoms. The maximum atomic E-state index is 15.4. The van der Waals surface area contributed by atoms with Crippen LogP contribution in [-0.4, -0.2) is 32.1 Å². The van der Waals surface area contributed by atoms with Gasteiger partial charge in [-0.25, -0.2) is 9.37 Å². The number of halogens is 3. The Bertz CT molecular complexity index is 1390. The zero-order chi connectivity index (χ0) is 24.7. The van der Waals surface area contributed by atoms with Gasteiger partial charge in [-0.15, -0.1) is 11.3 Å². The van der Waals surface area contributed by atoms with E-state index in [1.807, 2.05) is 29.3 Å². The van der Waals surface area contributed by atoms with Crippen LogP contribution >= 0.6 is 56.5 Å². The molecule has 0 N–H and O–H groups in total. The van der Waals surface area contributed by atoms with Crippen LogP contribution in [0.1, 0.15) is 38.2 Å². The zero-order valence-corrected chi connectivity index (χ0v) is 23.9. The lowest BCUT2D eigenvalue weighted by Gasteiger charge is -2.33. The minimum atomic E-state index is -1.71. The van der Waals surface area contributed by atoms with Gasteiger partial charge in [0.2, 0.25) is 5.91 Å². The highest BCUT2D eigenvalue weighted by Crippen LogP contribution is 2.47. The van der Waals surface area contributed by atoms with Crippen molar-refractivity contribution in [3.05, 3.63) is 94.1 Å². The number of nitrogens with zero attached hydrogens (tertiary/aromatic N) is 4. The van der Waals surface area contributed by atoms with E-state index in [4.69, 9.17) is 4.42 Å². The van der Waals surface area contributed by atoms with E-state index in [-0.39, 0.29) is 11.8 Å². The van der Waals surface area contributed by atoms with E-state index in [9.17, 15) is 4.79 Å². The molecular weight excluding hydrogens is 693 g/mol. The summed E-state index contributed by atoms with van der Waals surface area (Å²) >= 11 is 5.26. The van der Waals surface area contributed by atoms with Crippen molar-refractivity contribution in [2.45, 2.75) is 27.6 Å². The molecular formula is C25H21FI2N4O2S. The summed E-state index contributed by atoms with van der Waals surface area (Å²) in [5.74, 6) is -0.138. The predicted octanol–water partition coefficient (Wildman–Crippen LogP) is 6.57. The van der Waals surface area contributed by atoms with E-state index < -0.39 is 1.68 Å². The highest BCUT2D eigenvalue weighted by molar-refractivity contribution is 14.2. The van der Waals surface area contributed by atoms with Gasteiger partial charge in [-0.3, -0.25) is 9.48 Å². The molecule has 4 aromatic rings. The molecule has 10 heteroatoms. The first kappa shape index (κ1) is 24.6. The van der Waals surface area contributed by atoms with Crippen LogP contribution in [0.15, 0.2) is 66.3 Å². The second-order valence-electron chi connectivity index (χ2n) is 8.36. The van der Waals surface area contributed by atoms with Crippen LogP contribution < -0.4 is 0 Å². The van der Waals surface area contributed by atoms with Gasteiger partial charge in [-0.2, -0.15) is 5.10 Å². The van der Waals surface area contributed by atoms with E-state index in [0.29, 0.717) is 31.0 Å². The molecule has 4 heterocycles. The van der Waals surface area contributed by atoms with Gasteiger partial charge in [-0.1, -0.05) is 30.8 Å². The Labute approximate surface area is 233 Å². The molecule has 0 saturated carbocycles. The molecule has 0 unspecified atom stereocenters. The van der Waals surface area contributed by atoms with Gasteiger partial charge in [0.1, 0.15) is 17.7 Å². The van der Waals surface area contributed by atoms with Crippen molar-refractivity contribution in [1.82, 2.24) is 19.7 Å². The number of fused-ring (bicyclic) bond motifs is 1. The number of rotatable bonds is 6. The molecule has 1 amide bonds. The predicted molar refractivity (Wildman–Crippen MR) is 151 cm³/mol. The van der Waals surface area contributed by atoms with E-state index in [2.05, 4.69) is 35.7 Å². The fourth-order valence-corrected chi connectivity index (χ4v) is 6.47. The van der Waals surface area contributed by atoms with E-state index in [1.165, 1.54) is 27.8 Å². The Morgan fingerprint density at radius 3 is 2.86 bits per heavy atom. The summed E-state index contributed by atoms with van der Waals surface area (Å²) in [4.78, 5) is 21.0. The van der Waals surface area contributed by atoms with Gasteiger partial charge in [-0.05, 0) is 80.9 Å². The molecule has 1 aliphatic heterocycles. The van der Waals surface area contributed by atoms with E-state index in [0.717, 1.165) is 16.7 Å². The lowest BCUT2D eigenvalue weighted by Crippen LogP contribution is -2.37. The summed E-state index contributed by atoms with van der Waals surface area (Å²) in [5.41, 5.74) is 4.92. The van der Waals surface area contributed by atoms with E-state index in [1.54, 1.807) is 67.5 Å². The average molecular weight is 714 g/mol. The number of alkyl halides is 3. The largest absolute Gasteiger partial charge is 0.451 e. The molecule has 6 nitrogen and oxygen atoms in total. The zero-order valence-electron chi connectivity index (χ0n) is 18.7. The first-order valence-electron chi connectivity index (χ1n) is 10.9. The van der Waals surface area contributed by atoms with Crippen LogP contribution in [-0.2, 0) is 19.6 Å². The van der Waals surface area contributed by atoms with Crippen molar-refractivity contribution in [2.24, 2.45) is 0 Å². The summed E-state index contributed by atoms with van der Waals surface area (Å²) in [6.45, 7) is 7.24. The fraction of sp³-hybridized carbons (Fsp3) is 0.240. The third-order valence-corrected chi connectivity index (χ3v) is 8.10. The number of carbonyl (C=O) groups is 1. The number of aromatic nitrogens is 3. The summed E-state index contributed by atoms with van der Waals surface area (Å²) in [6.07, 6.45) is 6.15. The van der Waals surface area contributed by atoms with Crippen molar-refractivity contribution in [3.63, 3.8) is 0 Å². The second-order valence-corrected chi connectivity index (χ2v) is 14.7. The van der Waals surface area contributed by atoms with Crippen LogP contribution in [0.5, 0.6) is 0 Å². The minimum absolute atomic E-state index is 0.0482. The van der Waals surface area contributed by atoms with Gasteiger partial charge in [0.15, 0.2) is 6.39 Å². The molecule has 0 bridgehead atoms. The number of benzene rings is 1. The lowest BCUT2D eigenvalue weighted by atomic mass is 9.83.